The second-order valence-electron chi connectivity index (χ2n) is 4.70. The van der Waals surface area contributed by atoms with Crippen LogP contribution in [-0.2, 0) is 11.0 Å². The molecule has 4 N–H and O–H groups in total. The van der Waals surface area contributed by atoms with Gasteiger partial charge < -0.3 is 16.4 Å². The summed E-state index contributed by atoms with van der Waals surface area (Å²) in [5, 5.41) is 5.38. The summed E-state index contributed by atoms with van der Waals surface area (Å²) in [7, 11) is 0. The van der Waals surface area contributed by atoms with Crippen LogP contribution < -0.4 is 16.4 Å². The second kappa shape index (κ2) is 6.75. The third-order valence-electron chi connectivity index (χ3n) is 2.49. The van der Waals surface area contributed by atoms with Gasteiger partial charge in [0.2, 0.25) is 5.91 Å². The zero-order valence-corrected chi connectivity index (χ0v) is 12.4. The summed E-state index contributed by atoms with van der Waals surface area (Å²) in [6.45, 7) is 3.56. The highest BCUT2D eigenvalue weighted by atomic mass is 32.1. The maximum Gasteiger partial charge on any atom is 0.417 e. The number of amides is 1. The molecule has 4 nitrogen and oxygen atoms in total. The van der Waals surface area contributed by atoms with Crippen molar-refractivity contribution in [2.75, 3.05) is 11.9 Å². The molecule has 0 saturated carbocycles. The summed E-state index contributed by atoms with van der Waals surface area (Å²) in [5.74, 6) is -0.262. The lowest BCUT2D eigenvalue weighted by Crippen LogP contribution is -2.34. The van der Waals surface area contributed by atoms with Gasteiger partial charge in [0.1, 0.15) is 4.99 Å². The Morgan fingerprint density at radius 2 is 2.00 bits per heavy atom. The van der Waals surface area contributed by atoms with Gasteiger partial charge in [-0.3, -0.25) is 4.79 Å². The van der Waals surface area contributed by atoms with Gasteiger partial charge in [0, 0.05) is 17.3 Å². The highest BCUT2D eigenvalue weighted by Crippen LogP contribution is 2.33. The third-order valence-corrected chi connectivity index (χ3v) is 2.71. The Kier molecular flexibility index (Phi) is 5.54. The van der Waals surface area contributed by atoms with Crippen molar-refractivity contribution in [3.63, 3.8) is 0 Å². The van der Waals surface area contributed by atoms with Crippen molar-refractivity contribution >= 4 is 28.8 Å². The highest BCUT2D eigenvalue weighted by Gasteiger charge is 2.34. The third kappa shape index (κ3) is 5.22. The second-order valence-corrected chi connectivity index (χ2v) is 5.14. The van der Waals surface area contributed by atoms with Gasteiger partial charge in [-0.15, -0.1) is 0 Å². The van der Waals surface area contributed by atoms with E-state index < -0.39 is 11.7 Å². The van der Waals surface area contributed by atoms with Gasteiger partial charge >= 0.3 is 6.18 Å². The molecule has 0 atom stereocenters. The van der Waals surface area contributed by atoms with Crippen molar-refractivity contribution in [1.82, 2.24) is 5.32 Å². The molecular weight excluding hydrogens is 303 g/mol. The van der Waals surface area contributed by atoms with Crippen LogP contribution in [0, 0.1) is 0 Å². The molecule has 0 fully saturated rings. The number of carbonyl (C=O) groups excluding carboxylic acids is 1. The molecule has 0 radical (unpaired) electrons. The fourth-order valence-electron chi connectivity index (χ4n) is 1.66. The number of hydrogen-bond donors (Lipinski definition) is 3. The first-order valence-corrected chi connectivity index (χ1v) is 6.56. The van der Waals surface area contributed by atoms with E-state index in [1.54, 1.807) is 13.8 Å². The molecule has 0 spiro atoms. The Morgan fingerprint density at radius 3 is 2.48 bits per heavy atom. The van der Waals surface area contributed by atoms with Crippen LogP contribution >= 0.6 is 12.2 Å². The van der Waals surface area contributed by atoms with E-state index in [-0.39, 0.29) is 29.0 Å². The Hall–Kier alpha value is -1.83. The molecule has 1 aromatic carbocycles. The Balaban J connectivity index is 2.89. The molecule has 1 amide bonds. The zero-order chi connectivity index (χ0) is 16.2. The van der Waals surface area contributed by atoms with Crippen LogP contribution in [-0.4, -0.2) is 23.5 Å². The average molecular weight is 319 g/mol. The normalized spacial score (nSPS) is 11.3. The molecule has 0 unspecified atom stereocenters. The predicted molar refractivity (Wildman–Crippen MR) is 79.1 cm³/mol. The lowest BCUT2D eigenvalue weighted by atomic mass is 10.1. The molecule has 0 aliphatic rings. The lowest BCUT2D eigenvalue weighted by Gasteiger charge is -2.15. The van der Waals surface area contributed by atoms with E-state index in [4.69, 9.17) is 5.73 Å². The minimum atomic E-state index is -4.54. The van der Waals surface area contributed by atoms with Gasteiger partial charge in [-0.25, -0.2) is 0 Å². The monoisotopic (exact) mass is 319 g/mol. The van der Waals surface area contributed by atoms with Crippen LogP contribution in [0.25, 0.3) is 0 Å². The van der Waals surface area contributed by atoms with Crippen LogP contribution in [0.3, 0.4) is 0 Å². The zero-order valence-electron chi connectivity index (χ0n) is 11.5. The van der Waals surface area contributed by atoms with Crippen molar-refractivity contribution in [2.45, 2.75) is 26.1 Å². The topological polar surface area (TPSA) is 67.2 Å². The summed E-state index contributed by atoms with van der Waals surface area (Å²) >= 11 is 4.64. The lowest BCUT2D eigenvalue weighted by molar-refractivity contribution is -0.137. The summed E-state index contributed by atoms with van der Waals surface area (Å²) in [6.07, 6.45) is -4.54. The van der Waals surface area contributed by atoms with Crippen LogP contribution in [0.4, 0.5) is 18.9 Å². The molecule has 0 bridgehead atoms. The number of hydrogen-bond acceptors (Lipinski definition) is 3. The van der Waals surface area contributed by atoms with Gasteiger partial charge in [0.15, 0.2) is 0 Å². The minimum Gasteiger partial charge on any atom is -0.389 e. The molecule has 1 rings (SSSR count). The summed E-state index contributed by atoms with van der Waals surface area (Å²) in [4.78, 5) is 11.1. The van der Waals surface area contributed by atoms with Crippen molar-refractivity contribution in [3.05, 3.63) is 29.3 Å². The van der Waals surface area contributed by atoms with Crippen LogP contribution in [0.2, 0.25) is 0 Å². The summed E-state index contributed by atoms with van der Waals surface area (Å²) < 4.78 is 38.4. The first-order chi connectivity index (χ1) is 9.61. The number of nitrogens with one attached hydrogen (secondary N) is 2. The van der Waals surface area contributed by atoms with Crippen molar-refractivity contribution < 1.29 is 18.0 Å². The first kappa shape index (κ1) is 17.2. The number of anilines is 1. The van der Waals surface area contributed by atoms with E-state index in [1.165, 1.54) is 12.1 Å². The first-order valence-electron chi connectivity index (χ1n) is 6.15. The molecule has 0 saturated heterocycles. The largest absolute Gasteiger partial charge is 0.417 e. The molecular formula is C13H16F3N3OS. The summed E-state index contributed by atoms with van der Waals surface area (Å²) in [6, 6.07) is 3.29. The van der Waals surface area contributed by atoms with Gasteiger partial charge in [0.05, 0.1) is 12.1 Å². The smallest absolute Gasteiger partial charge is 0.389 e. The van der Waals surface area contributed by atoms with Gasteiger partial charge in [-0.1, -0.05) is 12.2 Å². The molecule has 21 heavy (non-hydrogen) atoms. The van der Waals surface area contributed by atoms with Crippen LogP contribution in [0.1, 0.15) is 25.0 Å². The molecule has 0 aromatic heterocycles. The fourth-order valence-corrected chi connectivity index (χ4v) is 1.83. The van der Waals surface area contributed by atoms with E-state index in [1.807, 2.05) is 0 Å². The van der Waals surface area contributed by atoms with Crippen LogP contribution in [0.15, 0.2) is 18.2 Å². The van der Waals surface area contributed by atoms with E-state index in [0.717, 1.165) is 6.07 Å². The number of nitrogens with two attached hydrogens (primary N) is 1. The molecule has 0 aliphatic heterocycles. The number of rotatable bonds is 5. The summed E-state index contributed by atoms with van der Waals surface area (Å²) in [5.41, 5.74) is 4.50. The van der Waals surface area contributed by atoms with Gasteiger partial charge in [-0.05, 0) is 32.0 Å². The van der Waals surface area contributed by atoms with E-state index >= 15 is 0 Å². The molecule has 1 aromatic rings. The molecule has 0 aliphatic carbocycles. The quantitative estimate of drug-likeness (QED) is 0.729. The van der Waals surface area contributed by atoms with Gasteiger partial charge in [0.25, 0.3) is 0 Å². The van der Waals surface area contributed by atoms with Crippen molar-refractivity contribution in [3.8, 4) is 0 Å². The molecule has 116 valence electrons. The predicted octanol–water partition coefficient (Wildman–Crippen LogP) is 2.28. The van der Waals surface area contributed by atoms with E-state index in [0.29, 0.717) is 5.69 Å². The van der Waals surface area contributed by atoms with E-state index in [2.05, 4.69) is 22.9 Å². The number of benzene rings is 1. The van der Waals surface area contributed by atoms with Crippen molar-refractivity contribution in [1.29, 1.82) is 0 Å². The number of thiocarbonyl (C=S) groups is 1. The average Bonchev–Trinajstić information content (AvgIpc) is 2.34. The molecule has 0 heterocycles. The number of carbonyl (C=O) groups is 1. The standard InChI is InChI=1S/C13H16F3N3OS/c1-7(2)19-11(20)6-18-8-3-4-10(13(14,15)16)9(5-8)12(17)21/h3-5,7,18H,6H2,1-2H3,(H2,17,21)(H,19,20). The molecule has 8 heteroatoms. The van der Waals surface area contributed by atoms with E-state index in [9.17, 15) is 18.0 Å². The highest BCUT2D eigenvalue weighted by molar-refractivity contribution is 7.80. The van der Waals surface area contributed by atoms with Crippen LogP contribution in [0.5, 0.6) is 0 Å². The maximum atomic E-state index is 12.8. The minimum absolute atomic E-state index is 0.0147. The van der Waals surface area contributed by atoms with Crippen molar-refractivity contribution in [2.24, 2.45) is 5.73 Å². The van der Waals surface area contributed by atoms with Gasteiger partial charge in [-0.2, -0.15) is 13.2 Å². The maximum absolute atomic E-state index is 12.8. The number of halogens is 3. The fraction of sp³-hybridized carbons (Fsp3) is 0.385. The SMILES string of the molecule is CC(C)NC(=O)CNc1ccc(C(F)(F)F)c(C(N)=S)c1. The number of alkyl halides is 3. The Labute approximate surface area is 125 Å². The Bertz CT molecular complexity index is 544. The Morgan fingerprint density at radius 1 is 1.38 bits per heavy atom.